The van der Waals surface area contributed by atoms with Crippen molar-refractivity contribution in [3.8, 4) is 32.4 Å². The van der Waals surface area contributed by atoms with Crippen LogP contribution in [0.2, 0.25) is 0 Å². The number of nitrogens with one attached hydrogen (secondary N) is 4. The molecule has 5 aromatic heterocycles. The summed E-state index contributed by atoms with van der Waals surface area (Å²) in [5.74, 6) is 0.759. The summed E-state index contributed by atoms with van der Waals surface area (Å²) < 4.78 is 2.07. The van der Waals surface area contributed by atoms with Crippen LogP contribution in [-0.2, 0) is 0 Å². The van der Waals surface area contributed by atoms with Gasteiger partial charge in [-0.05, 0) is 24.3 Å². The predicted molar refractivity (Wildman–Crippen MR) is 113 cm³/mol. The minimum Gasteiger partial charge on any atom is -0.297 e. The second kappa shape index (κ2) is 6.51. The van der Waals surface area contributed by atoms with Crippen LogP contribution in [0, 0.1) is 0 Å². The number of aromatic nitrogens is 5. The lowest BCUT2D eigenvalue weighted by Gasteiger charge is -2.05. The number of pyridine rings is 1. The first kappa shape index (κ1) is 16.4. The zero-order valence-corrected chi connectivity index (χ0v) is 16.4. The van der Waals surface area contributed by atoms with E-state index in [0.29, 0.717) is 0 Å². The van der Waals surface area contributed by atoms with E-state index < -0.39 is 0 Å². The number of imidazole rings is 1. The van der Waals surface area contributed by atoms with E-state index in [9.17, 15) is 0 Å². The summed E-state index contributed by atoms with van der Waals surface area (Å²) in [4.78, 5) is 11.0. The zero-order valence-electron chi connectivity index (χ0n) is 14.7. The van der Waals surface area contributed by atoms with Crippen LogP contribution in [0.5, 0.6) is 0 Å². The van der Waals surface area contributed by atoms with Gasteiger partial charge in [-0.25, -0.2) is 15.5 Å². The summed E-state index contributed by atoms with van der Waals surface area (Å²) >= 11 is 3.23. The molecule has 5 aromatic rings. The van der Waals surface area contributed by atoms with Gasteiger partial charge in [0.2, 0.25) is 0 Å². The van der Waals surface area contributed by atoms with E-state index in [1.165, 1.54) is 0 Å². The summed E-state index contributed by atoms with van der Waals surface area (Å²) in [6, 6.07) is 8.17. The Morgan fingerprint density at radius 2 is 1.97 bits per heavy atom. The summed E-state index contributed by atoms with van der Waals surface area (Å²) in [7, 11) is 0. The molecule has 4 N–H and O–H groups in total. The van der Waals surface area contributed by atoms with Crippen molar-refractivity contribution in [2.75, 3.05) is 0 Å². The molecule has 0 fully saturated rings. The maximum Gasteiger partial charge on any atom is 0.180 e. The van der Waals surface area contributed by atoms with Crippen LogP contribution in [0.25, 0.3) is 38.0 Å². The molecule has 0 aromatic carbocycles. The molecule has 0 bridgehead atoms. The lowest BCUT2D eigenvalue weighted by atomic mass is 10.1. The van der Waals surface area contributed by atoms with Crippen LogP contribution < -0.4 is 16.5 Å². The van der Waals surface area contributed by atoms with Crippen LogP contribution in [0.1, 0.15) is 4.88 Å². The molecular formula is C18H13N9S2. The Bertz CT molecular complexity index is 1340. The molecule has 6 rings (SSSR count). The molecule has 0 saturated heterocycles. The first-order valence-electron chi connectivity index (χ1n) is 8.72. The normalized spacial score (nSPS) is 13.4. The van der Waals surface area contributed by atoms with E-state index in [-0.39, 0.29) is 0 Å². The second-order valence-corrected chi connectivity index (χ2v) is 8.25. The number of H-pyrrole nitrogens is 1. The molecule has 0 unspecified atom stereocenters. The predicted octanol–water partition coefficient (Wildman–Crippen LogP) is 2.85. The van der Waals surface area contributed by atoms with Crippen molar-refractivity contribution in [1.82, 2.24) is 41.1 Å². The van der Waals surface area contributed by atoms with Gasteiger partial charge in [-0.15, -0.1) is 33.3 Å². The number of fused-ring (bicyclic) bond motifs is 1. The third-order valence-corrected chi connectivity index (χ3v) is 6.50. The van der Waals surface area contributed by atoms with Gasteiger partial charge in [0.25, 0.3) is 0 Å². The highest BCUT2D eigenvalue weighted by Gasteiger charge is 2.17. The van der Waals surface area contributed by atoms with Gasteiger partial charge in [-0.3, -0.25) is 14.9 Å². The molecule has 29 heavy (non-hydrogen) atoms. The highest BCUT2D eigenvalue weighted by molar-refractivity contribution is 7.17. The van der Waals surface area contributed by atoms with Crippen LogP contribution in [0.4, 0.5) is 0 Å². The molecular weight excluding hydrogens is 406 g/mol. The lowest BCUT2D eigenvalue weighted by Crippen LogP contribution is -2.34. The Balaban J connectivity index is 1.43. The van der Waals surface area contributed by atoms with Gasteiger partial charge < -0.3 is 0 Å². The molecule has 0 atom stereocenters. The zero-order chi connectivity index (χ0) is 19.2. The fraction of sp³-hybridized carbons (Fsp3) is 0. The third-order valence-electron chi connectivity index (χ3n) is 4.60. The van der Waals surface area contributed by atoms with Gasteiger partial charge in [-0.1, -0.05) is 0 Å². The van der Waals surface area contributed by atoms with Crippen molar-refractivity contribution < 1.29 is 0 Å². The number of hydrazone groups is 1. The minimum absolute atomic E-state index is 0.759. The van der Waals surface area contributed by atoms with Crippen LogP contribution in [0.15, 0.2) is 59.5 Å². The van der Waals surface area contributed by atoms with Crippen LogP contribution in [-0.4, -0.2) is 30.4 Å². The molecule has 142 valence electrons. The van der Waals surface area contributed by atoms with Gasteiger partial charge in [-0.2, -0.15) is 5.10 Å². The van der Waals surface area contributed by atoms with Gasteiger partial charge in [0.15, 0.2) is 5.84 Å². The minimum atomic E-state index is 0.759. The topological polar surface area (TPSA) is 107 Å². The number of amidine groups is 1. The number of hydrazine groups is 2. The summed E-state index contributed by atoms with van der Waals surface area (Å²) in [6.07, 6.45) is 7.60. The number of hydrogen-bond donors (Lipinski definition) is 4. The van der Waals surface area contributed by atoms with Gasteiger partial charge in [0.1, 0.15) is 16.3 Å². The highest BCUT2D eigenvalue weighted by Crippen LogP contribution is 2.35. The Labute approximate surface area is 172 Å². The largest absolute Gasteiger partial charge is 0.297 e. The van der Waals surface area contributed by atoms with E-state index >= 15 is 0 Å². The van der Waals surface area contributed by atoms with Crippen molar-refractivity contribution in [1.29, 1.82) is 0 Å². The molecule has 6 heterocycles. The summed E-state index contributed by atoms with van der Waals surface area (Å²) in [6.45, 7) is 0. The van der Waals surface area contributed by atoms with Gasteiger partial charge in [0, 0.05) is 28.9 Å². The van der Waals surface area contributed by atoms with Gasteiger partial charge >= 0.3 is 0 Å². The Kier molecular flexibility index (Phi) is 3.69. The molecule has 9 nitrogen and oxygen atoms in total. The highest BCUT2D eigenvalue weighted by atomic mass is 32.1. The Morgan fingerprint density at radius 3 is 2.83 bits per heavy atom. The fourth-order valence-corrected chi connectivity index (χ4v) is 4.86. The van der Waals surface area contributed by atoms with Crippen molar-refractivity contribution >= 4 is 34.2 Å². The van der Waals surface area contributed by atoms with E-state index in [1.54, 1.807) is 28.9 Å². The number of hydrogen-bond acceptors (Lipinski definition) is 9. The number of thiazole rings is 1. The molecule has 11 heteroatoms. The quantitative estimate of drug-likeness (QED) is 0.357. The molecule has 0 radical (unpaired) electrons. The van der Waals surface area contributed by atoms with Crippen LogP contribution >= 0.6 is 22.7 Å². The smallest absolute Gasteiger partial charge is 0.180 e. The summed E-state index contributed by atoms with van der Waals surface area (Å²) in [5, 5.41) is 14.5. The maximum atomic E-state index is 4.50. The number of rotatable bonds is 4. The van der Waals surface area contributed by atoms with Crippen molar-refractivity contribution in [3.63, 3.8) is 0 Å². The molecule has 0 spiro atoms. The Hall–Kier alpha value is -3.54. The first-order valence-corrected chi connectivity index (χ1v) is 10.4. The maximum absolute atomic E-state index is 4.50. The number of nitrogens with zero attached hydrogens (tertiary/aromatic N) is 5. The average molecular weight is 419 g/mol. The second-order valence-electron chi connectivity index (χ2n) is 6.27. The number of aromatic amines is 1. The summed E-state index contributed by atoms with van der Waals surface area (Å²) in [5.41, 5.74) is 13.3. The molecule has 1 aliphatic rings. The monoisotopic (exact) mass is 419 g/mol. The lowest BCUT2D eigenvalue weighted by molar-refractivity contribution is 0.577. The van der Waals surface area contributed by atoms with E-state index in [2.05, 4.69) is 64.5 Å². The molecule has 0 saturated carbocycles. The standard InChI is InChI=1S/C18H13N9S2/c1-4-15-20-8-12(18-19-5-6-28-18)27(15)9-10(1)11-7-21-22-16(11)13-2-3-14(29-13)17-23-25-26-24-17/h1-9,25-26H,(H,21,22)(H,23,24). The number of thiophene rings is 1. The molecule has 0 aliphatic carbocycles. The molecule has 0 amide bonds. The third kappa shape index (κ3) is 2.71. The van der Waals surface area contributed by atoms with E-state index in [1.807, 2.05) is 29.9 Å². The SMILES string of the molecule is c1csc(-c2cnc3ccc(-c4cn[nH]c4-c4ccc(C5=NNNN5)s4)cn23)n1. The van der Waals surface area contributed by atoms with Crippen molar-refractivity contribution in [2.45, 2.75) is 0 Å². The average Bonchev–Trinajstić information content (AvgIpc) is 3.55. The van der Waals surface area contributed by atoms with E-state index in [0.717, 1.165) is 48.8 Å². The molecule has 1 aliphatic heterocycles. The fourth-order valence-electron chi connectivity index (χ4n) is 3.26. The van der Waals surface area contributed by atoms with Crippen LogP contribution in [0.3, 0.4) is 0 Å². The van der Waals surface area contributed by atoms with E-state index in [4.69, 9.17) is 0 Å². The van der Waals surface area contributed by atoms with Gasteiger partial charge in [0.05, 0.1) is 27.8 Å². The van der Waals surface area contributed by atoms with Crippen molar-refractivity contribution in [2.24, 2.45) is 5.10 Å². The first-order chi connectivity index (χ1) is 14.4. The Morgan fingerprint density at radius 1 is 1.00 bits per heavy atom. The van der Waals surface area contributed by atoms with Crippen molar-refractivity contribution in [3.05, 3.63) is 59.3 Å².